The summed E-state index contributed by atoms with van der Waals surface area (Å²) in [5.41, 5.74) is 0. The highest BCUT2D eigenvalue weighted by molar-refractivity contribution is 5.72. The first-order valence-corrected chi connectivity index (χ1v) is 3.13. The zero-order valence-electron chi connectivity index (χ0n) is 6.38. The highest BCUT2D eigenvalue weighted by Gasteiger charge is 2.00. The van der Waals surface area contributed by atoms with Crippen LogP contribution in [-0.4, -0.2) is 5.97 Å². The average Bonchev–Trinajstić information content (AvgIpc) is 1.87. The fourth-order valence-corrected chi connectivity index (χ4v) is 0.276. The standard InChI is InChI=1S/C7H12O3/c1-4-6(8)10-7(9)5(2)3/h4-5,8H,1-3H3/p-1. The molecule has 0 atom stereocenters. The Bertz CT molecular complexity index is 147. The summed E-state index contributed by atoms with van der Waals surface area (Å²) in [4.78, 5) is 10.6. The van der Waals surface area contributed by atoms with Gasteiger partial charge in [0.15, 0.2) is 0 Å². The molecule has 0 rings (SSSR count). The molecule has 10 heavy (non-hydrogen) atoms. The Morgan fingerprint density at radius 1 is 1.60 bits per heavy atom. The molecule has 0 N–H and O–H groups in total. The van der Waals surface area contributed by atoms with Crippen molar-refractivity contribution in [3.8, 4) is 0 Å². The molecule has 0 fully saturated rings. The minimum Gasteiger partial charge on any atom is -0.553 e. The molecule has 58 valence electrons. The van der Waals surface area contributed by atoms with E-state index in [0.29, 0.717) is 0 Å². The first-order valence-electron chi connectivity index (χ1n) is 3.13. The summed E-state index contributed by atoms with van der Waals surface area (Å²) in [5, 5.41) is 10.4. The lowest BCUT2D eigenvalue weighted by atomic mass is 10.2. The molecule has 0 aromatic rings. The third-order valence-corrected chi connectivity index (χ3v) is 0.908. The van der Waals surface area contributed by atoms with Gasteiger partial charge in [0.05, 0.1) is 5.95 Å². The number of esters is 1. The van der Waals surface area contributed by atoms with Crippen molar-refractivity contribution in [2.24, 2.45) is 5.92 Å². The second-order valence-electron chi connectivity index (χ2n) is 2.18. The van der Waals surface area contributed by atoms with Crippen molar-refractivity contribution in [2.45, 2.75) is 20.8 Å². The van der Waals surface area contributed by atoms with Gasteiger partial charge in [-0.2, -0.15) is 0 Å². The maximum Gasteiger partial charge on any atom is 0.204 e. The van der Waals surface area contributed by atoms with E-state index in [0.717, 1.165) is 0 Å². The second kappa shape index (κ2) is 3.93. The molecule has 0 heterocycles. The van der Waals surface area contributed by atoms with Crippen LogP contribution in [0.1, 0.15) is 20.8 Å². The normalized spacial score (nSPS) is 11.8. The quantitative estimate of drug-likeness (QED) is 0.415. The lowest BCUT2D eigenvalue weighted by Gasteiger charge is -2.14. The summed E-state index contributed by atoms with van der Waals surface area (Å²) < 4.78 is 4.33. The van der Waals surface area contributed by atoms with Gasteiger partial charge in [0.25, 0.3) is 0 Å². The SMILES string of the molecule is CC=C([O-])OC(=O)C(C)C. The molecule has 0 aliphatic carbocycles. The van der Waals surface area contributed by atoms with Crippen molar-refractivity contribution >= 4 is 5.97 Å². The molecule has 0 saturated carbocycles. The summed E-state index contributed by atoms with van der Waals surface area (Å²) in [6, 6.07) is 0. The van der Waals surface area contributed by atoms with Crippen molar-refractivity contribution in [2.75, 3.05) is 0 Å². The van der Waals surface area contributed by atoms with Crippen LogP contribution in [0.15, 0.2) is 12.0 Å². The van der Waals surface area contributed by atoms with E-state index in [1.165, 1.54) is 13.0 Å². The Kier molecular flexibility index (Phi) is 3.54. The fourth-order valence-electron chi connectivity index (χ4n) is 0.276. The number of carbonyl (C=O) groups excluding carboxylic acids is 1. The van der Waals surface area contributed by atoms with Crippen molar-refractivity contribution in [3.05, 3.63) is 12.0 Å². The highest BCUT2D eigenvalue weighted by atomic mass is 16.6. The Hall–Kier alpha value is -0.990. The molecule has 0 saturated heterocycles. The van der Waals surface area contributed by atoms with Crippen LogP contribution in [0.4, 0.5) is 0 Å². The minimum absolute atomic E-state index is 0.246. The molecule has 0 aromatic carbocycles. The maximum atomic E-state index is 10.6. The van der Waals surface area contributed by atoms with E-state index in [4.69, 9.17) is 0 Å². The summed E-state index contributed by atoms with van der Waals surface area (Å²) in [5.74, 6) is -1.31. The third kappa shape index (κ3) is 3.12. The van der Waals surface area contributed by atoms with Crippen LogP contribution >= 0.6 is 0 Å². The van der Waals surface area contributed by atoms with Gasteiger partial charge in [-0.15, -0.1) is 0 Å². The van der Waals surface area contributed by atoms with E-state index >= 15 is 0 Å². The summed E-state index contributed by atoms with van der Waals surface area (Å²) >= 11 is 0. The van der Waals surface area contributed by atoms with E-state index < -0.39 is 11.9 Å². The molecule has 0 aliphatic heterocycles. The molecular weight excluding hydrogens is 132 g/mol. The fraction of sp³-hybridized carbons (Fsp3) is 0.571. The predicted octanol–water partition coefficient (Wildman–Crippen LogP) is 0.407. The lowest BCUT2D eigenvalue weighted by molar-refractivity contribution is -0.350. The van der Waals surface area contributed by atoms with Crippen LogP contribution in [-0.2, 0) is 9.53 Å². The smallest absolute Gasteiger partial charge is 0.204 e. The van der Waals surface area contributed by atoms with Crippen LogP contribution in [0, 0.1) is 5.92 Å². The van der Waals surface area contributed by atoms with E-state index in [1.54, 1.807) is 13.8 Å². The van der Waals surface area contributed by atoms with Crippen molar-refractivity contribution in [3.63, 3.8) is 0 Å². The lowest BCUT2D eigenvalue weighted by Crippen LogP contribution is -2.17. The van der Waals surface area contributed by atoms with Crippen LogP contribution in [0.2, 0.25) is 0 Å². The zero-order chi connectivity index (χ0) is 8.15. The minimum atomic E-state index is -0.585. The van der Waals surface area contributed by atoms with E-state index in [-0.39, 0.29) is 5.92 Å². The Labute approximate surface area is 60.3 Å². The predicted molar refractivity (Wildman–Crippen MR) is 34.7 cm³/mol. The first kappa shape index (κ1) is 9.01. The first-order chi connectivity index (χ1) is 4.57. The largest absolute Gasteiger partial charge is 0.553 e. The van der Waals surface area contributed by atoms with E-state index in [9.17, 15) is 9.90 Å². The topological polar surface area (TPSA) is 49.4 Å². The number of ether oxygens (including phenoxy) is 1. The monoisotopic (exact) mass is 143 g/mol. The molecule has 3 nitrogen and oxygen atoms in total. The molecule has 0 radical (unpaired) electrons. The molecule has 3 heteroatoms. The molecule has 0 bridgehead atoms. The Morgan fingerprint density at radius 2 is 2.10 bits per heavy atom. The van der Waals surface area contributed by atoms with Gasteiger partial charge in [0.2, 0.25) is 5.97 Å². The van der Waals surface area contributed by atoms with Gasteiger partial charge in [0.1, 0.15) is 0 Å². The van der Waals surface area contributed by atoms with E-state index in [2.05, 4.69) is 4.74 Å². The highest BCUT2D eigenvalue weighted by Crippen LogP contribution is 1.98. The number of carbonyl (C=O) groups is 1. The van der Waals surface area contributed by atoms with Crippen molar-refractivity contribution < 1.29 is 14.6 Å². The van der Waals surface area contributed by atoms with Crippen LogP contribution in [0.5, 0.6) is 0 Å². The Morgan fingerprint density at radius 3 is 2.40 bits per heavy atom. The van der Waals surface area contributed by atoms with Gasteiger partial charge in [0, 0.05) is 5.92 Å². The Balaban J connectivity index is 3.81. The molecule has 0 aromatic heterocycles. The second-order valence-corrected chi connectivity index (χ2v) is 2.18. The van der Waals surface area contributed by atoms with Gasteiger partial charge in [-0.05, 0) is 6.92 Å². The third-order valence-electron chi connectivity index (χ3n) is 0.908. The molecule has 0 unspecified atom stereocenters. The molecular formula is C7H11O3-. The summed E-state index contributed by atoms with van der Waals surface area (Å²) in [6.45, 7) is 4.87. The summed E-state index contributed by atoms with van der Waals surface area (Å²) in [6.07, 6.45) is 1.21. The number of hydrogen-bond donors (Lipinski definition) is 0. The number of rotatable bonds is 2. The van der Waals surface area contributed by atoms with Crippen LogP contribution in [0.3, 0.4) is 0 Å². The van der Waals surface area contributed by atoms with Gasteiger partial charge >= 0.3 is 0 Å². The molecule has 0 spiro atoms. The van der Waals surface area contributed by atoms with Crippen LogP contribution in [0.25, 0.3) is 0 Å². The van der Waals surface area contributed by atoms with Crippen molar-refractivity contribution in [1.29, 1.82) is 0 Å². The van der Waals surface area contributed by atoms with Gasteiger partial charge in [-0.3, -0.25) is 4.79 Å². The van der Waals surface area contributed by atoms with E-state index in [1.807, 2.05) is 0 Å². The van der Waals surface area contributed by atoms with Crippen molar-refractivity contribution in [1.82, 2.24) is 0 Å². The number of allylic oxidation sites excluding steroid dienone is 1. The summed E-state index contributed by atoms with van der Waals surface area (Å²) in [7, 11) is 0. The maximum absolute atomic E-state index is 10.6. The molecule has 0 amide bonds. The average molecular weight is 143 g/mol. The number of hydrogen-bond acceptors (Lipinski definition) is 3. The van der Waals surface area contributed by atoms with Gasteiger partial charge < -0.3 is 9.84 Å². The van der Waals surface area contributed by atoms with Crippen LogP contribution < -0.4 is 5.11 Å². The van der Waals surface area contributed by atoms with Gasteiger partial charge in [-0.1, -0.05) is 19.9 Å². The zero-order valence-corrected chi connectivity index (χ0v) is 6.38. The van der Waals surface area contributed by atoms with Gasteiger partial charge in [-0.25, -0.2) is 0 Å². The molecule has 0 aliphatic rings.